The number of rotatable bonds is 5. The van der Waals surface area contributed by atoms with Crippen LogP contribution in [0.4, 0.5) is 10.8 Å². The van der Waals surface area contributed by atoms with E-state index in [0.29, 0.717) is 11.7 Å². The minimum atomic E-state index is -0.0486. The first-order chi connectivity index (χ1) is 11.3. The monoisotopic (exact) mass is 333 g/mol. The largest absolute Gasteiger partial charge is 0.495 e. The van der Waals surface area contributed by atoms with E-state index < -0.39 is 0 Å². The molecule has 2 aromatic rings. The first-order valence-electron chi connectivity index (χ1n) is 7.42. The van der Waals surface area contributed by atoms with E-state index in [9.17, 15) is 4.79 Å². The molecule has 0 aliphatic carbocycles. The predicted molar refractivity (Wildman–Crippen MR) is 90.2 cm³/mol. The fourth-order valence-electron chi connectivity index (χ4n) is 2.63. The maximum absolute atomic E-state index is 12.0. The fourth-order valence-corrected chi connectivity index (χ4v) is 3.09. The van der Waals surface area contributed by atoms with Crippen molar-refractivity contribution in [1.82, 2.24) is 15.1 Å². The third-order valence-corrected chi connectivity index (χ3v) is 4.38. The number of amides is 1. The number of methoxy groups -OCH3 is 1. The summed E-state index contributed by atoms with van der Waals surface area (Å²) in [6.07, 6.45) is 0. The molecule has 122 valence electrons. The summed E-state index contributed by atoms with van der Waals surface area (Å²) in [5.74, 6) is 0.836. The second-order valence-electron chi connectivity index (χ2n) is 5.23. The molecule has 2 heterocycles. The van der Waals surface area contributed by atoms with Crippen molar-refractivity contribution in [2.24, 2.45) is 0 Å². The van der Waals surface area contributed by atoms with Crippen LogP contribution < -0.4 is 15.0 Å². The molecule has 0 bridgehead atoms. The molecule has 7 nitrogen and oxygen atoms in total. The van der Waals surface area contributed by atoms with Crippen molar-refractivity contribution in [3.8, 4) is 5.75 Å². The van der Waals surface area contributed by atoms with Crippen LogP contribution >= 0.6 is 11.3 Å². The molecule has 0 atom stereocenters. The van der Waals surface area contributed by atoms with Gasteiger partial charge in [-0.2, -0.15) is 0 Å². The van der Waals surface area contributed by atoms with Crippen LogP contribution in [0.1, 0.15) is 0 Å². The van der Waals surface area contributed by atoms with Crippen molar-refractivity contribution >= 4 is 28.1 Å². The number of hydrogen-bond acceptors (Lipinski definition) is 7. The van der Waals surface area contributed by atoms with Crippen LogP contribution in [-0.2, 0) is 4.79 Å². The molecule has 1 aliphatic heterocycles. The third kappa shape index (κ3) is 3.96. The van der Waals surface area contributed by atoms with Gasteiger partial charge in [0.25, 0.3) is 0 Å². The van der Waals surface area contributed by atoms with Crippen LogP contribution in [0, 0.1) is 0 Å². The molecule has 0 saturated carbocycles. The minimum Gasteiger partial charge on any atom is -0.495 e. The summed E-state index contributed by atoms with van der Waals surface area (Å²) in [4.78, 5) is 16.4. The van der Waals surface area contributed by atoms with Gasteiger partial charge in [-0.1, -0.05) is 23.5 Å². The summed E-state index contributed by atoms with van der Waals surface area (Å²) in [5, 5.41) is 10.8. The molecule has 1 aromatic carbocycles. The third-order valence-electron chi connectivity index (χ3n) is 3.77. The van der Waals surface area contributed by atoms with Crippen molar-refractivity contribution in [2.75, 3.05) is 50.1 Å². The summed E-state index contributed by atoms with van der Waals surface area (Å²) in [6, 6.07) is 8.02. The fraction of sp³-hybridized carbons (Fsp3) is 0.400. The van der Waals surface area contributed by atoms with Crippen LogP contribution in [0.2, 0.25) is 0 Å². The van der Waals surface area contributed by atoms with Crippen molar-refractivity contribution in [1.29, 1.82) is 0 Å². The van der Waals surface area contributed by atoms with Crippen LogP contribution in [0.25, 0.3) is 0 Å². The highest BCUT2D eigenvalue weighted by Crippen LogP contribution is 2.28. The van der Waals surface area contributed by atoms with Gasteiger partial charge in [-0.05, 0) is 12.1 Å². The Labute approximate surface area is 138 Å². The van der Waals surface area contributed by atoms with Crippen LogP contribution in [0.3, 0.4) is 0 Å². The molecule has 1 N–H and O–H groups in total. The topological polar surface area (TPSA) is 70.6 Å². The number of nitrogens with zero attached hydrogens (tertiary/aromatic N) is 4. The van der Waals surface area contributed by atoms with Crippen LogP contribution in [0.5, 0.6) is 5.75 Å². The Bertz CT molecular complexity index is 641. The van der Waals surface area contributed by atoms with Crippen LogP contribution in [-0.4, -0.2) is 60.8 Å². The first-order valence-corrected chi connectivity index (χ1v) is 8.30. The number of hydrogen-bond donors (Lipinski definition) is 1. The summed E-state index contributed by atoms with van der Waals surface area (Å²) in [6.45, 7) is 3.78. The number of aromatic nitrogens is 2. The molecule has 8 heteroatoms. The summed E-state index contributed by atoms with van der Waals surface area (Å²) in [5.41, 5.74) is 2.70. The van der Waals surface area contributed by atoms with E-state index in [-0.39, 0.29) is 5.91 Å². The van der Waals surface area contributed by atoms with E-state index >= 15 is 0 Å². The summed E-state index contributed by atoms with van der Waals surface area (Å²) in [7, 11) is 1.69. The lowest BCUT2D eigenvalue weighted by molar-refractivity contribution is -0.117. The smallest absolute Gasteiger partial charge is 0.240 e. The van der Waals surface area contributed by atoms with Crippen molar-refractivity contribution in [3.63, 3.8) is 0 Å². The second kappa shape index (κ2) is 7.38. The van der Waals surface area contributed by atoms with E-state index in [4.69, 9.17) is 4.74 Å². The molecule has 0 spiro atoms. The highest BCUT2D eigenvalue weighted by Gasteiger charge is 2.21. The number of benzene rings is 1. The average molecular weight is 333 g/mol. The number of nitrogens with one attached hydrogen (secondary N) is 1. The number of carbonyl (C=O) groups is 1. The maximum Gasteiger partial charge on any atom is 0.240 e. The first kappa shape index (κ1) is 15.7. The van der Waals surface area contributed by atoms with Gasteiger partial charge in [0, 0.05) is 26.2 Å². The molecular formula is C15H19N5O2S. The van der Waals surface area contributed by atoms with Gasteiger partial charge < -0.3 is 9.64 Å². The van der Waals surface area contributed by atoms with Gasteiger partial charge in [0.05, 0.1) is 19.3 Å². The Morgan fingerprint density at radius 1 is 1.30 bits per heavy atom. The van der Waals surface area contributed by atoms with E-state index in [1.807, 2.05) is 18.2 Å². The molecule has 23 heavy (non-hydrogen) atoms. The molecule has 0 radical (unpaired) electrons. The molecule has 1 saturated heterocycles. The number of para-hydroxylation sites is 2. The molecule has 0 unspecified atom stereocenters. The molecule has 1 aliphatic rings. The quantitative estimate of drug-likeness (QED) is 0.889. The highest BCUT2D eigenvalue weighted by molar-refractivity contribution is 7.13. The van der Waals surface area contributed by atoms with E-state index in [0.717, 1.165) is 37.6 Å². The molecule has 3 rings (SSSR count). The Kier molecular flexibility index (Phi) is 5.04. The minimum absolute atomic E-state index is 0.0486. The lowest BCUT2D eigenvalue weighted by Gasteiger charge is -2.36. The molecular weight excluding hydrogens is 314 g/mol. The van der Waals surface area contributed by atoms with Gasteiger partial charge in [-0.3, -0.25) is 15.0 Å². The normalized spacial score (nSPS) is 15.4. The van der Waals surface area contributed by atoms with E-state index in [1.165, 1.54) is 11.3 Å². The predicted octanol–water partition coefficient (Wildman–Crippen LogP) is 1.31. The van der Waals surface area contributed by atoms with Crippen molar-refractivity contribution in [3.05, 3.63) is 29.8 Å². The van der Waals surface area contributed by atoms with Crippen molar-refractivity contribution < 1.29 is 9.53 Å². The Morgan fingerprint density at radius 2 is 2.09 bits per heavy atom. The van der Waals surface area contributed by atoms with Crippen LogP contribution in [0.15, 0.2) is 29.8 Å². The zero-order chi connectivity index (χ0) is 16.1. The number of carbonyl (C=O) groups excluding carboxylic acids is 1. The Balaban J connectivity index is 1.51. The summed E-state index contributed by atoms with van der Waals surface area (Å²) >= 11 is 1.32. The number of piperazine rings is 1. The highest BCUT2D eigenvalue weighted by atomic mass is 32.1. The summed E-state index contributed by atoms with van der Waals surface area (Å²) < 4.78 is 5.42. The van der Waals surface area contributed by atoms with E-state index in [2.05, 4.69) is 31.4 Å². The van der Waals surface area contributed by atoms with Gasteiger partial charge in [-0.25, -0.2) is 0 Å². The van der Waals surface area contributed by atoms with Crippen molar-refractivity contribution in [2.45, 2.75) is 0 Å². The molecule has 1 aromatic heterocycles. The van der Waals surface area contributed by atoms with Gasteiger partial charge in [0.1, 0.15) is 11.3 Å². The zero-order valence-corrected chi connectivity index (χ0v) is 13.8. The van der Waals surface area contributed by atoms with E-state index in [1.54, 1.807) is 12.6 Å². The standard InChI is InChI=1S/C15H19N5O2S/c1-22-13-5-3-2-4-12(13)20-8-6-19(7-9-20)10-14(21)17-15-18-16-11-23-15/h2-5,11H,6-10H2,1H3,(H,17,18,21). The number of ether oxygens (including phenoxy) is 1. The van der Waals surface area contributed by atoms with Gasteiger partial charge >= 0.3 is 0 Å². The lowest BCUT2D eigenvalue weighted by Crippen LogP contribution is -2.48. The Hall–Kier alpha value is -2.19. The second-order valence-corrected chi connectivity index (χ2v) is 6.06. The average Bonchev–Trinajstić information content (AvgIpc) is 3.08. The lowest BCUT2D eigenvalue weighted by atomic mass is 10.2. The zero-order valence-electron chi connectivity index (χ0n) is 12.9. The number of anilines is 2. The molecule has 1 amide bonds. The maximum atomic E-state index is 12.0. The SMILES string of the molecule is COc1ccccc1N1CCN(CC(=O)Nc2nncs2)CC1. The van der Waals surface area contributed by atoms with Gasteiger partial charge in [-0.15, -0.1) is 10.2 Å². The Morgan fingerprint density at radius 3 is 2.78 bits per heavy atom. The molecule has 1 fully saturated rings. The van der Waals surface area contributed by atoms with Gasteiger partial charge in [0.15, 0.2) is 0 Å². The van der Waals surface area contributed by atoms with Gasteiger partial charge in [0.2, 0.25) is 11.0 Å².